The molecule has 3 nitrogen and oxygen atoms in total. The first-order valence-corrected chi connectivity index (χ1v) is 6.22. The molecule has 0 aliphatic rings. The van der Waals surface area contributed by atoms with Crippen LogP contribution >= 0.6 is 0 Å². The van der Waals surface area contributed by atoms with E-state index in [-0.39, 0.29) is 11.4 Å². The maximum Gasteiger partial charge on any atom is 0.336 e. The molecule has 0 unspecified atom stereocenters. The summed E-state index contributed by atoms with van der Waals surface area (Å²) in [4.78, 5) is 21.4. The van der Waals surface area contributed by atoms with Gasteiger partial charge in [-0.3, -0.25) is 4.79 Å². The summed E-state index contributed by atoms with van der Waals surface area (Å²) < 4.78 is 4.91. The standard InChI is InChI=1S/C9H6O2.C8H8O/c10-9-6-5-7-3-1-2-4-8(7)11-9;1-7(9)8-5-3-2-4-6-8/h1-6H;2-6H,1H3. The van der Waals surface area contributed by atoms with Crippen molar-refractivity contribution in [3.8, 4) is 0 Å². The summed E-state index contributed by atoms with van der Waals surface area (Å²) in [7, 11) is 0. The highest BCUT2D eigenvalue weighted by atomic mass is 16.4. The van der Waals surface area contributed by atoms with E-state index in [2.05, 4.69) is 0 Å². The van der Waals surface area contributed by atoms with E-state index in [0.717, 1.165) is 10.9 Å². The van der Waals surface area contributed by atoms with Gasteiger partial charge in [0.1, 0.15) is 5.58 Å². The Morgan fingerprint density at radius 1 is 0.850 bits per heavy atom. The minimum Gasteiger partial charge on any atom is -0.423 e. The second kappa shape index (κ2) is 6.48. The number of rotatable bonds is 1. The maximum absolute atomic E-state index is 10.7. The Bertz CT molecular complexity index is 758. The fraction of sp³-hybridized carbons (Fsp3) is 0.0588. The molecule has 0 saturated carbocycles. The van der Waals surface area contributed by atoms with Gasteiger partial charge >= 0.3 is 5.63 Å². The van der Waals surface area contributed by atoms with Crippen molar-refractivity contribution in [2.24, 2.45) is 0 Å². The van der Waals surface area contributed by atoms with E-state index in [1.807, 2.05) is 48.5 Å². The smallest absolute Gasteiger partial charge is 0.336 e. The molecule has 0 N–H and O–H groups in total. The topological polar surface area (TPSA) is 47.3 Å². The molecule has 0 aliphatic carbocycles. The highest BCUT2D eigenvalue weighted by Crippen LogP contribution is 2.08. The van der Waals surface area contributed by atoms with Crippen LogP contribution < -0.4 is 5.63 Å². The fourth-order valence-corrected chi connectivity index (χ4v) is 1.68. The minimum atomic E-state index is -0.302. The number of carbonyl (C=O) groups is 1. The summed E-state index contributed by atoms with van der Waals surface area (Å²) in [6.45, 7) is 1.56. The lowest BCUT2D eigenvalue weighted by Gasteiger charge is -1.91. The molecule has 0 aliphatic heterocycles. The quantitative estimate of drug-likeness (QED) is 0.498. The van der Waals surface area contributed by atoms with Crippen LogP contribution in [-0.4, -0.2) is 5.78 Å². The van der Waals surface area contributed by atoms with Gasteiger partial charge in [0.05, 0.1) is 0 Å². The molecule has 3 heteroatoms. The SMILES string of the molecule is CC(=O)c1ccccc1.O=c1ccc2ccccc2o1. The third kappa shape index (κ3) is 3.65. The zero-order chi connectivity index (χ0) is 14.4. The molecule has 0 fully saturated rings. The molecule has 1 aromatic heterocycles. The van der Waals surface area contributed by atoms with Crippen LogP contribution in [0.5, 0.6) is 0 Å². The lowest BCUT2D eigenvalue weighted by molar-refractivity contribution is 0.101. The average molecular weight is 266 g/mol. The van der Waals surface area contributed by atoms with Crippen molar-refractivity contribution in [3.63, 3.8) is 0 Å². The summed E-state index contributed by atoms with van der Waals surface area (Å²) in [5.41, 5.74) is 1.11. The molecular formula is C17H14O3. The van der Waals surface area contributed by atoms with Gasteiger partial charge in [-0.1, -0.05) is 48.5 Å². The predicted molar refractivity (Wildman–Crippen MR) is 78.9 cm³/mol. The molecule has 3 aromatic rings. The van der Waals surface area contributed by atoms with Crippen molar-refractivity contribution in [1.29, 1.82) is 0 Å². The van der Waals surface area contributed by atoms with Crippen molar-refractivity contribution in [2.45, 2.75) is 6.92 Å². The van der Waals surface area contributed by atoms with Gasteiger partial charge in [-0.2, -0.15) is 0 Å². The van der Waals surface area contributed by atoms with E-state index < -0.39 is 0 Å². The average Bonchev–Trinajstić information content (AvgIpc) is 2.48. The molecule has 0 saturated heterocycles. The fourth-order valence-electron chi connectivity index (χ4n) is 1.68. The van der Waals surface area contributed by atoms with E-state index in [1.54, 1.807) is 19.1 Å². The van der Waals surface area contributed by atoms with E-state index >= 15 is 0 Å². The van der Waals surface area contributed by atoms with E-state index in [1.165, 1.54) is 6.07 Å². The largest absolute Gasteiger partial charge is 0.423 e. The Balaban J connectivity index is 0.000000151. The Kier molecular flexibility index (Phi) is 4.45. The van der Waals surface area contributed by atoms with Gasteiger partial charge in [-0.05, 0) is 19.1 Å². The Hall–Kier alpha value is -2.68. The maximum atomic E-state index is 10.7. The number of ketones is 1. The molecule has 0 atom stereocenters. The molecule has 0 spiro atoms. The van der Waals surface area contributed by atoms with Crippen molar-refractivity contribution < 1.29 is 9.21 Å². The van der Waals surface area contributed by atoms with Gasteiger partial charge in [-0.25, -0.2) is 4.79 Å². The molecular weight excluding hydrogens is 252 g/mol. The van der Waals surface area contributed by atoms with Crippen molar-refractivity contribution >= 4 is 16.8 Å². The molecule has 100 valence electrons. The van der Waals surface area contributed by atoms with Gasteiger partial charge in [0.15, 0.2) is 5.78 Å². The van der Waals surface area contributed by atoms with Crippen molar-refractivity contribution in [1.82, 2.24) is 0 Å². The van der Waals surface area contributed by atoms with E-state index in [4.69, 9.17) is 4.42 Å². The monoisotopic (exact) mass is 266 g/mol. The van der Waals surface area contributed by atoms with Crippen LogP contribution in [0.4, 0.5) is 0 Å². The molecule has 3 rings (SSSR count). The van der Waals surface area contributed by atoms with Crippen molar-refractivity contribution in [3.05, 3.63) is 82.7 Å². The Morgan fingerprint density at radius 2 is 1.50 bits per heavy atom. The normalized spacial score (nSPS) is 9.65. The molecule has 1 heterocycles. The van der Waals surface area contributed by atoms with Gasteiger partial charge in [0.25, 0.3) is 0 Å². The summed E-state index contributed by atoms with van der Waals surface area (Å²) in [5.74, 6) is 0.121. The first kappa shape index (κ1) is 13.7. The molecule has 0 bridgehead atoms. The van der Waals surface area contributed by atoms with Gasteiger partial charge in [-0.15, -0.1) is 0 Å². The van der Waals surface area contributed by atoms with E-state index in [9.17, 15) is 9.59 Å². The Labute approximate surface area is 116 Å². The van der Waals surface area contributed by atoms with Crippen molar-refractivity contribution in [2.75, 3.05) is 0 Å². The van der Waals surface area contributed by atoms with Crippen LogP contribution in [0.15, 0.2) is 75.9 Å². The summed E-state index contributed by atoms with van der Waals surface area (Å²) in [6.07, 6.45) is 0. The van der Waals surface area contributed by atoms with Gasteiger partial charge in [0, 0.05) is 17.0 Å². The van der Waals surface area contributed by atoms with Crippen LogP contribution in [0.1, 0.15) is 17.3 Å². The van der Waals surface area contributed by atoms with Crippen LogP contribution in [0.25, 0.3) is 11.0 Å². The summed E-state index contributed by atoms with van der Waals surface area (Å²) >= 11 is 0. The first-order chi connectivity index (χ1) is 9.66. The lowest BCUT2D eigenvalue weighted by atomic mass is 10.2. The molecule has 0 amide bonds. The van der Waals surface area contributed by atoms with Crippen LogP contribution in [0, 0.1) is 0 Å². The van der Waals surface area contributed by atoms with Crippen LogP contribution in [0.2, 0.25) is 0 Å². The lowest BCUT2D eigenvalue weighted by Crippen LogP contribution is -1.93. The first-order valence-electron chi connectivity index (χ1n) is 6.22. The zero-order valence-corrected chi connectivity index (χ0v) is 11.1. The van der Waals surface area contributed by atoms with Gasteiger partial charge < -0.3 is 4.42 Å². The molecule has 0 radical (unpaired) electrons. The number of benzene rings is 2. The molecule has 2 aromatic carbocycles. The molecule has 20 heavy (non-hydrogen) atoms. The third-order valence-electron chi connectivity index (χ3n) is 2.71. The van der Waals surface area contributed by atoms with Crippen LogP contribution in [-0.2, 0) is 0 Å². The minimum absolute atomic E-state index is 0.121. The third-order valence-corrected chi connectivity index (χ3v) is 2.71. The summed E-state index contributed by atoms with van der Waals surface area (Å²) in [5, 5.41) is 0.951. The van der Waals surface area contributed by atoms with E-state index in [0.29, 0.717) is 5.58 Å². The Morgan fingerprint density at radius 3 is 2.15 bits per heavy atom. The number of fused-ring (bicyclic) bond motifs is 1. The van der Waals surface area contributed by atoms with Crippen LogP contribution in [0.3, 0.4) is 0 Å². The highest BCUT2D eigenvalue weighted by Gasteiger charge is 1.93. The number of hydrogen-bond acceptors (Lipinski definition) is 3. The second-order valence-electron chi connectivity index (χ2n) is 4.21. The summed E-state index contributed by atoms with van der Waals surface area (Å²) in [6, 6.07) is 19.8. The second-order valence-corrected chi connectivity index (χ2v) is 4.21. The number of carbonyl (C=O) groups excluding carboxylic acids is 1. The predicted octanol–water partition coefficient (Wildman–Crippen LogP) is 3.68. The highest BCUT2D eigenvalue weighted by molar-refractivity contribution is 5.93. The number of Topliss-reactive ketones (excluding diaryl/α,β-unsaturated/α-hetero) is 1. The number of hydrogen-bond donors (Lipinski definition) is 0. The number of para-hydroxylation sites is 1. The zero-order valence-electron chi connectivity index (χ0n) is 11.1. The van der Waals surface area contributed by atoms with Gasteiger partial charge in [0.2, 0.25) is 0 Å².